The second-order valence-electron chi connectivity index (χ2n) is 5.12. The number of thiocarbonyl (C=S) groups is 1. The molecule has 1 aliphatic heterocycles. The van der Waals surface area contributed by atoms with Crippen LogP contribution < -0.4 is 10.1 Å². The molecule has 24 heavy (non-hydrogen) atoms. The number of furan rings is 1. The number of hydrogen-bond donors (Lipinski definition) is 1. The van der Waals surface area contributed by atoms with Crippen LogP contribution in [0.4, 0.5) is 5.69 Å². The van der Waals surface area contributed by atoms with Crippen molar-refractivity contribution in [3.8, 4) is 5.75 Å². The third-order valence-electron chi connectivity index (χ3n) is 3.44. The van der Waals surface area contributed by atoms with Gasteiger partial charge in [0.25, 0.3) is 5.91 Å². The smallest absolute Gasteiger partial charge is 0.267 e. The number of ether oxygens (including phenoxy) is 1. The molecule has 1 aliphatic rings. The molecule has 124 valence electrons. The highest BCUT2D eigenvalue weighted by Crippen LogP contribution is 2.32. The molecule has 0 saturated carbocycles. The summed E-state index contributed by atoms with van der Waals surface area (Å²) in [6.07, 6.45) is 1.72. The van der Waals surface area contributed by atoms with E-state index < -0.39 is 0 Å². The number of carbonyl (C=O) groups is 1. The van der Waals surface area contributed by atoms with E-state index in [9.17, 15) is 4.79 Å². The molecular formula is C17H16N2O3S2. The Kier molecular flexibility index (Phi) is 4.92. The minimum absolute atomic E-state index is 0.125. The maximum absolute atomic E-state index is 12.5. The summed E-state index contributed by atoms with van der Waals surface area (Å²) >= 11 is 6.58. The average molecular weight is 360 g/mol. The summed E-state index contributed by atoms with van der Waals surface area (Å²) in [5.41, 5.74) is 0.885. The average Bonchev–Trinajstić information content (AvgIpc) is 3.10. The molecule has 0 aliphatic carbocycles. The molecule has 2 heterocycles. The van der Waals surface area contributed by atoms with Crippen molar-refractivity contribution in [1.82, 2.24) is 4.90 Å². The fourth-order valence-electron chi connectivity index (χ4n) is 2.18. The highest BCUT2D eigenvalue weighted by Gasteiger charge is 2.32. The van der Waals surface area contributed by atoms with E-state index in [1.165, 1.54) is 16.7 Å². The lowest BCUT2D eigenvalue weighted by Crippen LogP contribution is -2.33. The highest BCUT2D eigenvalue weighted by atomic mass is 32.2. The largest absolute Gasteiger partial charge is 0.497 e. The molecule has 5 nitrogen and oxygen atoms in total. The fourth-order valence-corrected chi connectivity index (χ4v) is 3.41. The maximum atomic E-state index is 12.5. The number of nitrogens with zero attached hydrogens (tertiary/aromatic N) is 1. The minimum atomic E-state index is -0.125. The molecule has 1 N–H and O–H groups in total. The summed E-state index contributed by atoms with van der Waals surface area (Å²) in [7, 11) is 1.62. The van der Waals surface area contributed by atoms with E-state index in [-0.39, 0.29) is 5.91 Å². The summed E-state index contributed by atoms with van der Waals surface area (Å²) in [5.74, 6) is 2.11. The molecule has 3 rings (SSSR count). The Bertz CT molecular complexity index is 796. The maximum Gasteiger partial charge on any atom is 0.267 e. The third kappa shape index (κ3) is 3.63. The second-order valence-corrected chi connectivity index (χ2v) is 6.80. The summed E-state index contributed by atoms with van der Waals surface area (Å²) < 4.78 is 11.1. The zero-order chi connectivity index (χ0) is 17.1. The predicted molar refractivity (Wildman–Crippen MR) is 99.9 cm³/mol. The predicted octanol–water partition coefficient (Wildman–Crippen LogP) is 3.87. The molecule has 7 heteroatoms. The molecule has 1 fully saturated rings. The number of methoxy groups -OCH3 is 1. The van der Waals surface area contributed by atoms with E-state index in [0.717, 1.165) is 17.2 Å². The molecule has 1 aromatic carbocycles. The van der Waals surface area contributed by atoms with Crippen molar-refractivity contribution in [2.45, 2.75) is 6.92 Å². The van der Waals surface area contributed by atoms with Crippen LogP contribution in [0.1, 0.15) is 11.5 Å². The van der Waals surface area contributed by atoms with Gasteiger partial charge in [-0.15, -0.1) is 0 Å². The molecular weight excluding hydrogens is 344 g/mol. The van der Waals surface area contributed by atoms with Crippen molar-refractivity contribution in [3.05, 3.63) is 52.8 Å². The van der Waals surface area contributed by atoms with Gasteiger partial charge in [-0.1, -0.05) is 24.0 Å². The third-order valence-corrected chi connectivity index (χ3v) is 4.82. The lowest BCUT2D eigenvalue weighted by Gasteiger charge is -2.16. The van der Waals surface area contributed by atoms with E-state index in [4.69, 9.17) is 21.4 Å². The molecule has 1 amide bonds. The lowest BCUT2D eigenvalue weighted by atomic mass is 10.3. The number of rotatable bonds is 5. The minimum Gasteiger partial charge on any atom is -0.497 e. The molecule has 0 bridgehead atoms. The first-order chi connectivity index (χ1) is 11.6. The molecule has 0 spiro atoms. The number of thioether (sulfide) groups is 1. The zero-order valence-corrected chi connectivity index (χ0v) is 14.9. The van der Waals surface area contributed by atoms with Crippen LogP contribution in [0.25, 0.3) is 6.08 Å². The Balaban J connectivity index is 1.66. The van der Waals surface area contributed by atoms with Crippen LogP contribution in [-0.2, 0) is 4.79 Å². The van der Waals surface area contributed by atoms with Crippen LogP contribution >= 0.6 is 24.0 Å². The van der Waals surface area contributed by atoms with Crippen molar-refractivity contribution in [1.29, 1.82) is 0 Å². The van der Waals surface area contributed by atoms with Gasteiger partial charge in [0.05, 0.1) is 18.7 Å². The number of benzene rings is 1. The lowest BCUT2D eigenvalue weighted by molar-refractivity contribution is -0.121. The van der Waals surface area contributed by atoms with Gasteiger partial charge >= 0.3 is 0 Å². The van der Waals surface area contributed by atoms with Gasteiger partial charge in [-0.2, -0.15) is 0 Å². The van der Waals surface area contributed by atoms with Crippen molar-refractivity contribution >= 4 is 46.0 Å². The Morgan fingerprint density at radius 3 is 2.67 bits per heavy atom. The molecule has 1 aromatic heterocycles. The fraction of sp³-hybridized carbons (Fsp3) is 0.176. The Labute approximate surface area is 149 Å². The molecule has 0 atom stereocenters. The van der Waals surface area contributed by atoms with E-state index in [2.05, 4.69) is 5.32 Å². The van der Waals surface area contributed by atoms with Gasteiger partial charge < -0.3 is 14.5 Å². The molecule has 2 aromatic rings. The normalized spacial score (nSPS) is 16.1. The Morgan fingerprint density at radius 2 is 2.04 bits per heavy atom. The van der Waals surface area contributed by atoms with Crippen molar-refractivity contribution in [2.75, 3.05) is 19.1 Å². The van der Waals surface area contributed by atoms with Crippen LogP contribution in [0, 0.1) is 6.92 Å². The van der Waals surface area contributed by atoms with Crippen LogP contribution in [0.5, 0.6) is 5.75 Å². The first-order valence-corrected chi connectivity index (χ1v) is 8.49. The number of carbonyl (C=O) groups excluding carboxylic acids is 1. The SMILES string of the molecule is COc1ccc(NCN2C(=O)C(=Cc3ccc(C)o3)SC2=S)cc1. The topological polar surface area (TPSA) is 54.7 Å². The number of anilines is 1. The van der Waals surface area contributed by atoms with Crippen LogP contribution in [0.3, 0.4) is 0 Å². The van der Waals surface area contributed by atoms with Crippen LogP contribution in [-0.4, -0.2) is 28.9 Å². The van der Waals surface area contributed by atoms with E-state index in [1.807, 2.05) is 43.3 Å². The van der Waals surface area contributed by atoms with Gasteiger partial charge in [0.2, 0.25) is 0 Å². The van der Waals surface area contributed by atoms with Gasteiger partial charge in [0, 0.05) is 11.8 Å². The second kappa shape index (κ2) is 7.11. The standard InChI is InChI=1S/C17H16N2O3S2/c1-11-3-6-14(22-11)9-15-16(20)19(17(23)24-15)10-18-12-4-7-13(21-2)8-5-12/h3-9,18H,10H2,1-2H3. The van der Waals surface area contributed by atoms with Gasteiger partial charge in [0.15, 0.2) is 0 Å². The summed E-state index contributed by atoms with van der Waals surface area (Å²) in [5, 5.41) is 3.19. The number of nitrogens with one attached hydrogen (secondary N) is 1. The van der Waals surface area contributed by atoms with E-state index in [0.29, 0.717) is 21.7 Å². The van der Waals surface area contributed by atoms with Gasteiger partial charge in [-0.25, -0.2) is 0 Å². The first kappa shape index (κ1) is 16.6. The van der Waals surface area contributed by atoms with Crippen LogP contribution in [0.2, 0.25) is 0 Å². The van der Waals surface area contributed by atoms with Crippen molar-refractivity contribution < 1.29 is 13.9 Å². The van der Waals surface area contributed by atoms with Gasteiger partial charge in [-0.05, 0) is 43.3 Å². The quantitative estimate of drug-likeness (QED) is 0.645. The van der Waals surface area contributed by atoms with E-state index in [1.54, 1.807) is 13.2 Å². The Hall–Kier alpha value is -2.25. The molecule has 1 saturated heterocycles. The molecule has 0 unspecified atom stereocenters. The van der Waals surface area contributed by atoms with Crippen LogP contribution in [0.15, 0.2) is 45.7 Å². The first-order valence-electron chi connectivity index (χ1n) is 7.26. The van der Waals surface area contributed by atoms with Gasteiger partial charge in [-0.3, -0.25) is 9.69 Å². The van der Waals surface area contributed by atoms with E-state index >= 15 is 0 Å². The number of amides is 1. The molecule has 0 radical (unpaired) electrons. The monoisotopic (exact) mass is 360 g/mol. The number of hydrogen-bond acceptors (Lipinski definition) is 6. The van der Waals surface area contributed by atoms with Crippen molar-refractivity contribution in [3.63, 3.8) is 0 Å². The van der Waals surface area contributed by atoms with Crippen molar-refractivity contribution in [2.24, 2.45) is 0 Å². The number of aryl methyl sites for hydroxylation is 1. The summed E-state index contributed by atoms with van der Waals surface area (Å²) in [6, 6.07) is 11.2. The summed E-state index contributed by atoms with van der Waals surface area (Å²) in [6.45, 7) is 2.17. The zero-order valence-electron chi connectivity index (χ0n) is 13.2. The highest BCUT2D eigenvalue weighted by molar-refractivity contribution is 8.26. The summed E-state index contributed by atoms with van der Waals surface area (Å²) in [4.78, 5) is 14.6. The van der Waals surface area contributed by atoms with Gasteiger partial charge in [0.1, 0.15) is 21.6 Å². The Morgan fingerprint density at radius 1 is 1.29 bits per heavy atom.